The zero-order chi connectivity index (χ0) is 15.1. The Labute approximate surface area is 132 Å². The first-order valence-electron chi connectivity index (χ1n) is 6.77. The first-order chi connectivity index (χ1) is 9.40. The summed E-state index contributed by atoms with van der Waals surface area (Å²) in [5.41, 5.74) is 7.48. The molecule has 0 aliphatic heterocycles. The van der Waals surface area contributed by atoms with E-state index in [4.69, 9.17) is 5.73 Å². The second-order valence-electron chi connectivity index (χ2n) is 5.17. The van der Waals surface area contributed by atoms with Crippen LogP contribution in [0, 0.1) is 0 Å². The third-order valence-corrected chi connectivity index (χ3v) is 2.92. The molecule has 0 unspecified atom stereocenters. The average molecular weight is 314 g/mol. The van der Waals surface area contributed by atoms with Gasteiger partial charge < -0.3 is 16.0 Å². The standard InChI is InChI=1S/C15H23N3O2.ClH/c1-11(2)17-14(19)10-18(3)15(20)9-8-12-6-4-5-7-13(12)16;/h4-7,11H,8-10,16H2,1-3H3,(H,17,19);1H. The predicted octanol–water partition coefficient (Wildman–Crippen LogP) is 1.61. The molecule has 1 aromatic rings. The summed E-state index contributed by atoms with van der Waals surface area (Å²) >= 11 is 0. The van der Waals surface area contributed by atoms with Crippen LogP contribution in [-0.4, -0.2) is 36.3 Å². The van der Waals surface area contributed by atoms with Gasteiger partial charge >= 0.3 is 0 Å². The molecule has 118 valence electrons. The maximum Gasteiger partial charge on any atom is 0.239 e. The van der Waals surface area contributed by atoms with Gasteiger partial charge in [-0.3, -0.25) is 9.59 Å². The predicted molar refractivity (Wildman–Crippen MR) is 87.3 cm³/mol. The van der Waals surface area contributed by atoms with Gasteiger partial charge in [0.05, 0.1) is 6.54 Å². The van der Waals surface area contributed by atoms with Crippen molar-refractivity contribution in [1.82, 2.24) is 10.2 Å². The van der Waals surface area contributed by atoms with E-state index in [1.807, 2.05) is 38.1 Å². The van der Waals surface area contributed by atoms with Crippen LogP contribution in [0.5, 0.6) is 0 Å². The summed E-state index contributed by atoms with van der Waals surface area (Å²) in [6, 6.07) is 7.57. The van der Waals surface area contributed by atoms with Crippen molar-refractivity contribution in [3.8, 4) is 0 Å². The summed E-state index contributed by atoms with van der Waals surface area (Å²) in [4.78, 5) is 25.0. The number of aryl methyl sites for hydroxylation is 1. The van der Waals surface area contributed by atoms with Crippen molar-refractivity contribution in [2.75, 3.05) is 19.3 Å². The Morgan fingerprint density at radius 1 is 1.29 bits per heavy atom. The van der Waals surface area contributed by atoms with E-state index in [1.165, 1.54) is 4.90 Å². The molecule has 0 fully saturated rings. The molecular weight excluding hydrogens is 290 g/mol. The molecule has 0 aliphatic carbocycles. The van der Waals surface area contributed by atoms with Crippen LogP contribution in [0.2, 0.25) is 0 Å². The first kappa shape index (κ1) is 19.2. The Bertz CT molecular complexity index is 478. The lowest BCUT2D eigenvalue weighted by atomic mass is 10.1. The molecule has 0 saturated heterocycles. The van der Waals surface area contributed by atoms with Gasteiger partial charge in [-0.1, -0.05) is 18.2 Å². The molecule has 21 heavy (non-hydrogen) atoms. The van der Waals surface area contributed by atoms with Gasteiger partial charge in [-0.2, -0.15) is 0 Å². The molecule has 0 radical (unpaired) electrons. The average Bonchev–Trinajstić information content (AvgIpc) is 2.36. The third-order valence-electron chi connectivity index (χ3n) is 2.92. The smallest absolute Gasteiger partial charge is 0.239 e. The van der Waals surface area contributed by atoms with E-state index in [9.17, 15) is 9.59 Å². The molecule has 1 aromatic carbocycles. The number of nitrogens with zero attached hydrogens (tertiary/aromatic N) is 1. The molecule has 0 spiro atoms. The minimum absolute atomic E-state index is 0. The van der Waals surface area contributed by atoms with E-state index in [2.05, 4.69) is 5.32 Å². The molecule has 6 heteroatoms. The van der Waals surface area contributed by atoms with Crippen molar-refractivity contribution in [3.63, 3.8) is 0 Å². The van der Waals surface area contributed by atoms with Crippen LogP contribution in [-0.2, 0) is 16.0 Å². The van der Waals surface area contributed by atoms with Crippen molar-refractivity contribution < 1.29 is 9.59 Å². The zero-order valence-electron chi connectivity index (χ0n) is 12.8. The maximum atomic E-state index is 12.0. The number of carbonyl (C=O) groups excluding carboxylic acids is 2. The summed E-state index contributed by atoms with van der Waals surface area (Å²) in [7, 11) is 1.64. The highest BCUT2D eigenvalue weighted by Gasteiger charge is 2.13. The number of benzene rings is 1. The SMILES string of the molecule is CC(C)NC(=O)CN(C)C(=O)CCc1ccccc1N.Cl. The Kier molecular flexibility index (Phi) is 8.47. The van der Waals surface area contributed by atoms with Crippen LogP contribution in [0.3, 0.4) is 0 Å². The molecule has 0 heterocycles. The molecule has 0 aromatic heterocycles. The number of nitrogens with one attached hydrogen (secondary N) is 1. The molecular formula is C15H24ClN3O2. The van der Waals surface area contributed by atoms with Crippen molar-refractivity contribution in [3.05, 3.63) is 29.8 Å². The fraction of sp³-hybridized carbons (Fsp3) is 0.467. The van der Waals surface area contributed by atoms with E-state index in [0.29, 0.717) is 18.5 Å². The Morgan fingerprint density at radius 3 is 2.48 bits per heavy atom. The quantitative estimate of drug-likeness (QED) is 0.783. The third kappa shape index (κ3) is 6.99. The number of hydrogen-bond acceptors (Lipinski definition) is 3. The minimum atomic E-state index is -0.143. The molecule has 0 bridgehead atoms. The van der Waals surface area contributed by atoms with Gasteiger partial charge in [0.2, 0.25) is 11.8 Å². The first-order valence-corrected chi connectivity index (χ1v) is 6.77. The van der Waals surface area contributed by atoms with Gasteiger partial charge in [-0.15, -0.1) is 12.4 Å². The zero-order valence-corrected chi connectivity index (χ0v) is 13.6. The number of nitrogen functional groups attached to an aromatic ring is 1. The molecule has 0 atom stereocenters. The summed E-state index contributed by atoms with van der Waals surface area (Å²) in [6.45, 7) is 3.86. The van der Waals surface area contributed by atoms with Gasteiger partial charge in [0, 0.05) is 25.2 Å². The highest BCUT2D eigenvalue weighted by atomic mass is 35.5. The van der Waals surface area contributed by atoms with E-state index in [1.54, 1.807) is 7.05 Å². The molecule has 3 N–H and O–H groups in total. The van der Waals surface area contributed by atoms with Crippen molar-refractivity contribution >= 4 is 29.9 Å². The van der Waals surface area contributed by atoms with Crippen LogP contribution in [0.15, 0.2) is 24.3 Å². The monoisotopic (exact) mass is 313 g/mol. The molecule has 0 saturated carbocycles. The number of rotatable bonds is 6. The van der Waals surface area contributed by atoms with E-state index in [-0.39, 0.29) is 36.8 Å². The molecule has 2 amide bonds. The fourth-order valence-electron chi connectivity index (χ4n) is 1.87. The molecule has 1 rings (SSSR count). The summed E-state index contributed by atoms with van der Waals surface area (Å²) in [6.07, 6.45) is 0.932. The Morgan fingerprint density at radius 2 is 1.90 bits per heavy atom. The molecule has 0 aliphatic rings. The van der Waals surface area contributed by atoms with Crippen molar-refractivity contribution in [2.45, 2.75) is 32.7 Å². The number of carbonyl (C=O) groups is 2. The van der Waals surface area contributed by atoms with Crippen LogP contribution in [0.4, 0.5) is 5.69 Å². The van der Waals surface area contributed by atoms with E-state index < -0.39 is 0 Å². The summed E-state index contributed by atoms with van der Waals surface area (Å²) in [5, 5.41) is 2.76. The number of hydrogen-bond donors (Lipinski definition) is 2. The van der Waals surface area contributed by atoms with Crippen LogP contribution < -0.4 is 11.1 Å². The number of likely N-dealkylation sites (N-methyl/N-ethyl adjacent to an activating group) is 1. The van der Waals surface area contributed by atoms with Gasteiger partial charge in [-0.05, 0) is 31.9 Å². The number of para-hydroxylation sites is 1. The lowest BCUT2D eigenvalue weighted by Crippen LogP contribution is -2.40. The second kappa shape index (κ2) is 9.23. The minimum Gasteiger partial charge on any atom is -0.399 e. The van der Waals surface area contributed by atoms with E-state index in [0.717, 1.165) is 5.56 Å². The van der Waals surface area contributed by atoms with Gasteiger partial charge in [0.1, 0.15) is 0 Å². The topological polar surface area (TPSA) is 75.4 Å². The van der Waals surface area contributed by atoms with E-state index >= 15 is 0 Å². The van der Waals surface area contributed by atoms with Gasteiger partial charge in [0.25, 0.3) is 0 Å². The van der Waals surface area contributed by atoms with Crippen LogP contribution >= 0.6 is 12.4 Å². The Balaban J connectivity index is 0.00000400. The van der Waals surface area contributed by atoms with Gasteiger partial charge in [-0.25, -0.2) is 0 Å². The normalized spacial score (nSPS) is 9.90. The number of anilines is 1. The highest BCUT2D eigenvalue weighted by molar-refractivity contribution is 5.85. The van der Waals surface area contributed by atoms with Crippen LogP contribution in [0.25, 0.3) is 0 Å². The van der Waals surface area contributed by atoms with Gasteiger partial charge in [0.15, 0.2) is 0 Å². The number of nitrogens with two attached hydrogens (primary N) is 1. The summed E-state index contributed by atoms with van der Waals surface area (Å²) in [5.74, 6) is -0.206. The number of halogens is 1. The lowest BCUT2D eigenvalue weighted by molar-refractivity contribution is -0.134. The second-order valence-corrected chi connectivity index (χ2v) is 5.17. The maximum absolute atomic E-state index is 12.0. The summed E-state index contributed by atoms with van der Waals surface area (Å²) < 4.78 is 0. The number of amides is 2. The van der Waals surface area contributed by atoms with Crippen molar-refractivity contribution in [1.29, 1.82) is 0 Å². The van der Waals surface area contributed by atoms with Crippen LogP contribution in [0.1, 0.15) is 25.8 Å². The van der Waals surface area contributed by atoms with Crippen molar-refractivity contribution in [2.24, 2.45) is 0 Å². The lowest BCUT2D eigenvalue weighted by Gasteiger charge is -2.18. The molecule has 5 nitrogen and oxygen atoms in total. The highest BCUT2D eigenvalue weighted by Crippen LogP contribution is 2.13. The largest absolute Gasteiger partial charge is 0.399 e. The Hall–Kier alpha value is -1.75. The fourth-order valence-corrected chi connectivity index (χ4v) is 1.87.